The Morgan fingerprint density at radius 1 is 1.30 bits per heavy atom. The fraction of sp³-hybridized carbons (Fsp3) is 0.0769. The fourth-order valence-electron chi connectivity index (χ4n) is 1.63. The molecule has 104 valence electrons. The molecule has 0 aromatic heterocycles. The Hall–Kier alpha value is -2.18. The lowest BCUT2D eigenvalue weighted by Gasteiger charge is -2.10. The standard InChI is InChI=1S/C13H9ClFNO4/c14-8-4-5-11(16(18)19)13(6-8)20-12-3-1-2-10(15)9(12)7-17/h1-6,17H,7H2. The number of benzene rings is 2. The number of aliphatic hydroxyl groups excluding tert-OH is 1. The molecule has 0 saturated heterocycles. The number of rotatable bonds is 4. The predicted molar refractivity (Wildman–Crippen MR) is 70.5 cm³/mol. The summed E-state index contributed by atoms with van der Waals surface area (Å²) in [6.45, 7) is -0.587. The fourth-order valence-corrected chi connectivity index (χ4v) is 1.79. The molecular formula is C13H9ClFNO4. The van der Waals surface area contributed by atoms with Crippen molar-refractivity contribution in [1.82, 2.24) is 0 Å². The minimum absolute atomic E-state index is 0.00198. The first kappa shape index (κ1) is 14.2. The Labute approximate surface area is 118 Å². The normalized spacial score (nSPS) is 10.3. The van der Waals surface area contributed by atoms with Crippen LogP contribution in [0, 0.1) is 15.9 Å². The topological polar surface area (TPSA) is 72.6 Å². The number of nitro benzene ring substituents is 1. The summed E-state index contributed by atoms with van der Waals surface area (Å²) in [6.07, 6.45) is 0. The van der Waals surface area contributed by atoms with Crippen molar-refractivity contribution in [2.24, 2.45) is 0 Å². The SMILES string of the molecule is O=[N+]([O-])c1ccc(Cl)cc1Oc1cccc(F)c1CO. The first-order valence-electron chi connectivity index (χ1n) is 5.53. The quantitative estimate of drug-likeness (QED) is 0.690. The molecule has 0 aliphatic rings. The molecule has 20 heavy (non-hydrogen) atoms. The summed E-state index contributed by atoms with van der Waals surface area (Å²) in [5, 5.41) is 20.3. The zero-order chi connectivity index (χ0) is 14.7. The summed E-state index contributed by atoms with van der Waals surface area (Å²) >= 11 is 5.77. The maximum atomic E-state index is 13.5. The van der Waals surface area contributed by atoms with Crippen LogP contribution in [0.25, 0.3) is 0 Å². The second kappa shape index (κ2) is 5.85. The Morgan fingerprint density at radius 2 is 2.05 bits per heavy atom. The van der Waals surface area contributed by atoms with Gasteiger partial charge in [0.15, 0.2) is 0 Å². The van der Waals surface area contributed by atoms with Gasteiger partial charge in [-0.15, -0.1) is 0 Å². The van der Waals surface area contributed by atoms with Crippen molar-refractivity contribution in [3.05, 3.63) is 62.9 Å². The third kappa shape index (κ3) is 2.87. The highest BCUT2D eigenvalue weighted by molar-refractivity contribution is 6.30. The van der Waals surface area contributed by atoms with E-state index >= 15 is 0 Å². The minimum Gasteiger partial charge on any atom is -0.450 e. The number of halogens is 2. The van der Waals surface area contributed by atoms with E-state index in [9.17, 15) is 14.5 Å². The summed E-state index contributed by atoms with van der Waals surface area (Å²) in [5.41, 5.74) is -0.385. The predicted octanol–water partition coefficient (Wildman–Crippen LogP) is 3.67. The lowest BCUT2D eigenvalue weighted by atomic mass is 10.2. The van der Waals surface area contributed by atoms with E-state index in [4.69, 9.17) is 21.4 Å². The third-order valence-electron chi connectivity index (χ3n) is 2.57. The molecule has 0 aliphatic carbocycles. The van der Waals surface area contributed by atoms with Crippen molar-refractivity contribution in [3.8, 4) is 11.5 Å². The molecule has 0 bridgehead atoms. The highest BCUT2D eigenvalue weighted by atomic mass is 35.5. The van der Waals surface area contributed by atoms with Gasteiger partial charge in [-0.1, -0.05) is 17.7 Å². The Bertz CT molecular complexity index is 663. The molecule has 1 N–H and O–H groups in total. The molecule has 2 rings (SSSR count). The van der Waals surface area contributed by atoms with Crippen molar-refractivity contribution in [2.45, 2.75) is 6.61 Å². The minimum atomic E-state index is -0.658. The first-order valence-corrected chi connectivity index (χ1v) is 5.90. The summed E-state index contributed by atoms with van der Waals surface area (Å²) in [5.74, 6) is -0.782. The zero-order valence-electron chi connectivity index (χ0n) is 10.0. The number of nitrogens with zero attached hydrogens (tertiary/aromatic N) is 1. The van der Waals surface area contributed by atoms with Gasteiger partial charge in [0.2, 0.25) is 5.75 Å². The molecule has 0 unspecified atom stereocenters. The van der Waals surface area contributed by atoms with Crippen molar-refractivity contribution < 1.29 is 19.2 Å². The molecule has 0 atom stereocenters. The highest BCUT2D eigenvalue weighted by Gasteiger charge is 2.18. The van der Waals surface area contributed by atoms with Crippen LogP contribution in [0.15, 0.2) is 36.4 Å². The number of hydrogen-bond donors (Lipinski definition) is 1. The highest BCUT2D eigenvalue weighted by Crippen LogP contribution is 2.35. The van der Waals surface area contributed by atoms with Gasteiger partial charge in [0, 0.05) is 17.2 Å². The van der Waals surface area contributed by atoms with Crippen molar-refractivity contribution in [2.75, 3.05) is 0 Å². The molecule has 0 saturated carbocycles. The van der Waals surface area contributed by atoms with Gasteiger partial charge in [0.05, 0.1) is 17.1 Å². The van der Waals surface area contributed by atoms with Gasteiger partial charge >= 0.3 is 5.69 Å². The van der Waals surface area contributed by atoms with E-state index in [1.165, 1.54) is 30.3 Å². The van der Waals surface area contributed by atoms with Gasteiger partial charge < -0.3 is 9.84 Å². The summed E-state index contributed by atoms with van der Waals surface area (Å²) in [7, 11) is 0. The van der Waals surface area contributed by atoms with Crippen molar-refractivity contribution in [1.29, 1.82) is 0 Å². The van der Waals surface area contributed by atoms with Crippen LogP contribution in [0.5, 0.6) is 11.5 Å². The Kier molecular flexibility index (Phi) is 4.16. The lowest BCUT2D eigenvalue weighted by molar-refractivity contribution is -0.385. The van der Waals surface area contributed by atoms with E-state index < -0.39 is 17.3 Å². The molecule has 0 fully saturated rings. The lowest BCUT2D eigenvalue weighted by Crippen LogP contribution is -1.98. The van der Waals surface area contributed by atoms with Crippen LogP contribution in [-0.4, -0.2) is 10.0 Å². The van der Waals surface area contributed by atoms with Crippen molar-refractivity contribution >= 4 is 17.3 Å². The second-order valence-corrected chi connectivity index (χ2v) is 4.28. The molecule has 7 heteroatoms. The van der Waals surface area contributed by atoms with Crippen LogP contribution < -0.4 is 4.74 Å². The smallest absolute Gasteiger partial charge is 0.311 e. The first-order chi connectivity index (χ1) is 9.52. The Balaban J connectivity index is 2.47. The molecule has 2 aromatic carbocycles. The second-order valence-electron chi connectivity index (χ2n) is 3.85. The van der Waals surface area contributed by atoms with E-state index in [1.807, 2.05) is 0 Å². The van der Waals surface area contributed by atoms with Crippen LogP contribution in [0.4, 0.5) is 10.1 Å². The molecule has 0 amide bonds. The maximum Gasteiger partial charge on any atom is 0.311 e. The zero-order valence-corrected chi connectivity index (χ0v) is 10.8. The van der Waals surface area contributed by atoms with Gasteiger partial charge in [-0.3, -0.25) is 10.1 Å². The average molecular weight is 298 g/mol. The molecule has 0 spiro atoms. The summed E-state index contributed by atoms with van der Waals surface area (Å²) in [6, 6.07) is 7.73. The summed E-state index contributed by atoms with van der Waals surface area (Å²) < 4.78 is 18.8. The van der Waals surface area contributed by atoms with Crippen LogP contribution in [0.3, 0.4) is 0 Å². The Morgan fingerprint density at radius 3 is 2.70 bits per heavy atom. The number of nitro groups is 1. The van der Waals surface area contributed by atoms with E-state index in [-0.39, 0.29) is 27.8 Å². The van der Waals surface area contributed by atoms with Gasteiger partial charge in [-0.05, 0) is 18.2 Å². The van der Waals surface area contributed by atoms with Crippen LogP contribution in [0.1, 0.15) is 5.56 Å². The summed E-state index contributed by atoms with van der Waals surface area (Å²) in [4.78, 5) is 10.3. The monoisotopic (exact) mass is 297 g/mol. The molecule has 0 radical (unpaired) electrons. The number of hydrogen-bond acceptors (Lipinski definition) is 4. The van der Waals surface area contributed by atoms with E-state index in [2.05, 4.69) is 0 Å². The van der Waals surface area contributed by atoms with Gasteiger partial charge in [-0.2, -0.15) is 0 Å². The molecule has 5 nitrogen and oxygen atoms in total. The van der Waals surface area contributed by atoms with Gasteiger partial charge in [0.25, 0.3) is 0 Å². The van der Waals surface area contributed by atoms with Crippen LogP contribution in [-0.2, 0) is 6.61 Å². The average Bonchev–Trinajstić information content (AvgIpc) is 2.38. The molecular weight excluding hydrogens is 289 g/mol. The van der Waals surface area contributed by atoms with E-state index in [1.54, 1.807) is 0 Å². The van der Waals surface area contributed by atoms with Gasteiger partial charge in [0.1, 0.15) is 11.6 Å². The largest absolute Gasteiger partial charge is 0.450 e. The van der Waals surface area contributed by atoms with E-state index in [0.717, 1.165) is 6.07 Å². The molecule has 0 heterocycles. The van der Waals surface area contributed by atoms with Gasteiger partial charge in [-0.25, -0.2) is 4.39 Å². The number of ether oxygens (including phenoxy) is 1. The molecule has 2 aromatic rings. The third-order valence-corrected chi connectivity index (χ3v) is 2.81. The molecule has 0 aliphatic heterocycles. The maximum absolute atomic E-state index is 13.5. The van der Waals surface area contributed by atoms with Crippen molar-refractivity contribution in [3.63, 3.8) is 0 Å². The van der Waals surface area contributed by atoms with Crippen LogP contribution >= 0.6 is 11.6 Å². The van der Waals surface area contributed by atoms with E-state index in [0.29, 0.717) is 0 Å². The van der Waals surface area contributed by atoms with Crippen LogP contribution in [0.2, 0.25) is 5.02 Å². The number of aliphatic hydroxyl groups is 1.